The molecular weight excluding hydrogens is 378 g/mol. The summed E-state index contributed by atoms with van der Waals surface area (Å²) in [5.74, 6) is 1.70. The summed E-state index contributed by atoms with van der Waals surface area (Å²) >= 11 is 6.24. The monoisotopic (exact) mass is 407 g/mol. The topological polar surface area (TPSA) is 60.7 Å². The second-order valence-electron chi connectivity index (χ2n) is 7.38. The third-order valence-corrected chi connectivity index (χ3v) is 4.63. The minimum absolute atomic E-state index is 0.198. The van der Waals surface area contributed by atoms with Crippen LogP contribution >= 0.6 is 11.6 Å². The highest BCUT2D eigenvalue weighted by atomic mass is 35.5. The van der Waals surface area contributed by atoms with E-state index in [9.17, 15) is 4.79 Å². The molecule has 0 bridgehead atoms. The van der Waals surface area contributed by atoms with Crippen LogP contribution < -0.4 is 10.1 Å². The highest BCUT2D eigenvalue weighted by Gasteiger charge is 2.14. The zero-order valence-corrected chi connectivity index (χ0v) is 18.1. The van der Waals surface area contributed by atoms with E-state index in [0.29, 0.717) is 18.9 Å². The number of benzene rings is 1. The van der Waals surface area contributed by atoms with Crippen LogP contribution in [0.2, 0.25) is 5.02 Å². The van der Waals surface area contributed by atoms with Crippen LogP contribution in [0, 0.1) is 6.92 Å². The Hall–Kier alpha value is -1.98. The zero-order chi connectivity index (χ0) is 20.7. The van der Waals surface area contributed by atoms with Gasteiger partial charge in [-0.15, -0.1) is 0 Å². The van der Waals surface area contributed by atoms with Gasteiger partial charge in [-0.25, -0.2) is 0 Å². The van der Waals surface area contributed by atoms with Gasteiger partial charge in [0.25, 0.3) is 5.91 Å². The molecule has 0 saturated carbocycles. The van der Waals surface area contributed by atoms with Crippen molar-refractivity contribution in [3.8, 4) is 5.75 Å². The van der Waals surface area contributed by atoms with Gasteiger partial charge >= 0.3 is 0 Å². The first-order valence-electron chi connectivity index (χ1n) is 9.69. The smallest absolute Gasteiger partial charge is 0.286 e. The molecule has 1 N–H and O–H groups in total. The van der Waals surface area contributed by atoms with Crippen molar-refractivity contribution in [1.29, 1.82) is 0 Å². The van der Waals surface area contributed by atoms with Gasteiger partial charge in [-0.05, 0) is 68.5 Å². The SMILES string of the molecule is Cc1cc(OCc2ccc(C(=O)NCCCOC(C)C)o2)c(C(C)C)cc1Cl. The minimum Gasteiger partial charge on any atom is -0.485 e. The van der Waals surface area contributed by atoms with Crippen molar-refractivity contribution in [3.05, 3.63) is 51.9 Å². The molecule has 1 aromatic carbocycles. The lowest BCUT2D eigenvalue weighted by Gasteiger charge is -2.15. The number of furan rings is 1. The fourth-order valence-electron chi connectivity index (χ4n) is 2.65. The van der Waals surface area contributed by atoms with Gasteiger partial charge in [0, 0.05) is 18.2 Å². The maximum atomic E-state index is 12.2. The third-order valence-electron chi connectivity index (χ3n) is 4.23. The number of carbonyl (C=O) groups is 1. The quantitative estimate of drug-likeness (QED) is 0.529. The molecule has 154 valence electrons. The summed E-state index contributed by atoms with van der Waals surface area (Å²) in [7, 11) is 0. The van der Waals surface area contributed by atoms with Crippen LogP contribution in [-0.2, 0) is 11.3 Å². The van der Waals surface area contributed by atoms with E-state index < -0.39 is 0 Å². The summed E-state index contributed by atoms with van der Waals surface area (Å²) in [6.07, 6.45) is 0.957. The molecule has 6 heteroatoms. The average molecular weight is 408 g/mol. The Morgan fingerprint density at radius 2 is 1.96 bits per heavy atom. The lowest BCUT2D eigenvalue weighted by atomic mass is 10.0. The van der Waals surface area contributed by atoms with E-state index in [0.717, 1.165) is 28.3 Å². The van der Waals surface area contributed by atoms with Crippen molar-refractivity contribution in [2.24, 2.45) is 0 Å². The van der Waals surface area contributed by atoms with E-state index in [4.69, 9.17) is 25.5 Å². The van der Waals surface area contributed by atoms with Crippen LogP contribution in [-0.4, -0.2) is 25.2 Å². The summed E-state index contributed by atoms with van der Waals surface area (Å²) in [5.41, 5.74) is 2.01. The van der Waals surface area contributed by atoms with Crippen LogP contribution in [0.5, 0.6) is 5.75 Å². The molecule has 1 aromatic heterocycles. The number of hydrogen-bond donors (Lipinski definition) is 1. The predicted octanol–water partition coefficient (Wildman–Crippen LogP) is 5.49. The number of rotatable bonds is 10. The second-order valence-corrected chi connectivity index (χ2v) is 7.78. The van der Waals surface area contributed by atoms with Crippen LogP contribution in [0.1, 0.15) is 67.5 Å². The average Bonchev–Trinajstić information content (AvgIpc) is 3.10. The molecule has 0 aliphatic rings. The van der Waals surface area contributed by atoms with Gasteiger partial charge in [-0.3, -0.25) is 4.79 Å². The maximum Gasteiger partial charge on any atom is 0.286 e. The van der Waals surface area contributed by atoms with Crippen LogP contribution in [0.25, 0.3) is 0 Å². The Labute approximate surface area is 172 Å². The summed E-state index contributed by atoms with van der Waals surface area (Å²) < 4.78 is 17.0. The number of carbonyl (C=O) groups excluding carboxylic acids is 1. The van der Waals surface area contributed by atoms with Crippen molar-refractivity contribution in [1.82, 2.24) is 5.32 Å². The van der Waals surface area contributed by atoms with Gasteiger partial charge in [-0.2, -0.15) is 0 Å². The maximum absolute atomic E-state index is 12.2. The summed E-state index contributed by atoms with van der Waals surface area (Å²) in [6, 6.07) is 7.30. The molecule has 0 unspecified atom stereocenters. The Balaban J connectivity index is 1.89. The molecule has 2 aromatic rings. The highest BCUT2D eigenvalue weighted by Crippen LogP contribution is 2.32. The Bertz CT molecular complexity index is 783. The fraction of sp³-hybridized carbons (Fsp3) is 0.500. The van der Waals surface area contributed by atoms with E-state index in [2.05, 4.69) is 19.2 Å². The number of nitrogens with one attached hydrogen (secondary N) is 1. The summed E-state index contributed by atoms with van der Waals surface area (Å²) in [5, 5.41) is 3.56. The number of hydrogen-bond acceptors (Lipinski definition) is 4. The molecule has 28 heavy (non-hydrogen) atoms. The first-order chi connectivity index (χ1) is 13.3. The molecule has 1 amide bonds. The van der Waals surface area contributed by atoms with E-state index in [1.165, 1.54) is 0 Å². The first-order valence-corrected chi connectivity index (χ1v) is 10.1. The van der Waals surface area contributed by atoms with Crippen molar-refractivity contribution in [3.63, 3.8) is 0 Å². The Kier molecular flexibility index (Phi) is 8.39. The van der Waals surface area contributed by atoms with E-state index >= 15 is 0 Å². The molecule has 0 aliphatic carbocycles. The fourth-order valence-corrected chi connectivity index (χ4v) is 2.83. The third kappa shape index (κ3) is 6.57. The molecule has 5 nitrogen and oxygen atoms in total. The molecule has 0 radical (unpaired) electrons. The zero-order valence-electron chi connectivity index (χ0n) is 17.3. The Morgan fingerprint density at radius 1 is 1.21 bits per heavy atom. The normalized spacial score (nSPS) is 11.3. The molecular formula is C22H30ClNO4. The van der Waals surface area contributed by atoms with Gasteiger partial charge < -0.3 is 19.2 Å². The number of halogens is 1. The van der Waals surface area contributed by atoms with Crippen molar-refractivity contribution in [2.45, 2.75) is 59.7 Å². The standard InChI is InChI=1S/C22H30ClNO4/c1-14(2)18-12-19(23)16(5)11-21(18)27-13-17-7-8-20(28-17)22(25)24-9-6-10-26-15(3)4/h7-8,11-12,14-15H,6,9-10,13H2,1-5H3,(H,24,25). The minimum atomic E-state index is -0.235. The van der Waals surface area contributed by atoms with E-state index in [1.807, 2.05) is 32.9 Å². The van der Waals surface area contributed by atoms with Crippen molar-refractivity contribution in [2.75, 3.05) is 13.2 Å². The molecule has 1 heterocycles. The van der Waals surface area contributed by atoms with Gasteiger partial charge in [0.05, 0.1) is 6.10 Å². The molecule has 0 aliphatic heterocycles. The largest absolute Gasteiger partial charge is 0.485 e. The van der Waals surface area contributed by atoms with E-state index in [-0.39, 0.29) is 30.3 Å². The molecule has 0 atom stereocenters. The first kappa shape index (κ1) is 22.3. The highest BCUT2D eigenvalue weighted by molar-refractivity contribution is 6.31. The molecule has 0 fully saturated rings. The van der Waals surface area contributed by atoms with Gasteiger partial charge in [-0.1, -0.05) is 25.4 Å². The summed E-state index contributed by atoms with van der Waals surface area (Å²) in [4.78, 5) is 12.2. The number of amides is 1. The van der Waals surface area contributed by atoms with Crippen LogP contribution in [0.15, 0.2) is 28.7 Å². The van der Waals surface area contributed by atoms with Gasteiger partial charge in [0.2, 0.25) is 0 Å². The van der Waals surface area contributed by atoms with E-state index in [1.54, 1.807) is 12.1 Å². The van der Waals surface area contributed by atoms with Crippen LogP contribution in [0.3, 0.4) is 0 Å². The van der Waals surface area contributed by atoms with Crippen molar-refractivity contribution < 1.29 is 18.7 Å². The lowest BCUT2D eigenvalue weighted by molar-refractivity contribution is 0.0753. The van der Waals surface area contributed by atoms with Gasteiger partial charge in [0.1, 0.15) is 18.1 Å². The summed E-state index contributed by atoms with van der Waals surface area (Å²) in [6.45, 7) is 11.5. The number of aryl methyl sites for hydroxylation is 1. The molecule has 2 rings (SSSR count). The van der Waals surface area contributed by atoms with Gasteiger partial charge in [0.15, 0.2) is 5.76 Å². The van der Waals surface area contributed by atoms with Crippen molar-refractivity contribution >= 4 is 17.5 Å². The Morgan fingerprint density at radius 3 is 2.64 bits per heavy atom. The predicted molar refractivity (Wildman–Crippen MR) is 111 cm³/mol. The second kappa shape index (κ2) is 10.5. The molecule has 0 saturated heterocycles. The lowest BCUT2D eigenvalue weighted by Crippen LogP contribution is -2.25. The molecule has 0 spiro atoms. The number of ether oxygens (including phenoxy) is 2. The van der Waals surface area contributed by atoms with Crippen LogP contribution in [0.4, 0.5) is 0 Å².